The molecule has 3 rings (SSSR count). The average molecular weight is 346 g/mol. The minimum atomic E-state index is -0.246. The molecule has 0 aromatic heterocycles. The van der Waals surface area contributed by atoms with Crippen LogP contribution in [0.1, 0.15) is 24.0 Å². The fourth-order valence-corrected chi connectivity index (χ4v) is 3.16. The van der Waals surface area contributed by atoms with Gasteiger partial charge >= 0.3 is 0 Å². The molecule has 0 unspecified atom stereocenters. The van der Waals surface area contributed by atoms with Gasteiger partial charge in [0.05, 0.1) is 12.8 Å². The molecule has 4 nitrogen and oxygen atoms in total. The minimum Gasteiger partial charge on any atom is -0.495 e. The molecule has 1 aliphatic carbocycles. The predicted octanol–water partition coefficient (Wildman–Crippen LogP) is 4.24. The largest absolute Gasteiger partial charge is 0.495 e. The summed E-state index contributed by atoms with van der Waals surface area (Å²) in [6.07, 6.45) is 4.47. The van der Waals surface area contributed by atoms with E-state index in [1.165, 1.54) is 24.0 Å². The highest BCUT2D eigenvalue weighted by Crippen LogP contribution is 2.30. The first-order valence-electron chi connectivity index (χ1n) is 8.04. The molecule has 0 bridgehead atoms. The third-order valence-corrected chi connectivity index (χ3v) is 4.38. The number of carbonyl (C=O) groups is 1. The molecule has 1 N–H and O–H groups in total. The molecule has 0 spiro atoms. The van der Waals surface area contributed by atoms with Gasteiger partial charge in [-0.15, -0.1) is 0 Å². The number of fused-ring (bicyclic) bond motifs is 1. The number of methoxy groups -OCH3 is 1. The van der Waals surface area contributed by atoms with Crippen LogP contribution in [0.3, 0.4) is 0 Å². The average Bonchev–Trinajstić information content (AvgIpc) is 2.60. The number of hydrogen-bond donors (Lipinski definition) is 1. The third kappa shape index (κ3) is 3.82. The lowest BCUT2D eigenvalue weighted by atomic mass is 9.91. The second kappa shape index (κ2) is 7.58. The zero-order chi connectivity index (χ0) is 16.9. The first-order valence-corrected chi connectivity index (χ1v) is 8.42. The molecule has 2 aromatic carbocycles. The second-order valence-electron chi connectivity index (χ2n) is 5.78. The van der Waals surface area contributed by atoms with Crippen molar-refractivity contribution in [2.24, 2.45) is 0 Å². The lowest BCUT2D eigenvalue weighted by molar-refractivity contribution is -0.118. The van der Waals surface area contributed by atoms with Gasteiger partial charge in [0.15, 0.2) is 6.61 Å². The number of carbonyl (C=O) groups excluding carboxylic acids is 1. The Morgan fingerprint density at radius 2 is 2.00 bits per heavy atom. The zero-order valence-corrected chi connectivity index (χ0v) is 14.4. The van der Waals surface area contributed by atoms with Crippen LogP contribution >= 0.6 is 11.6 Å². The Hall–Kier alpha value is -2.20. The predicted molar refractivity (Wildman–Crippen MR) is 95.2 cm³/mol. The first-order chi connectivity index (χ1) is 11.7. The fraction of sp³-hybridized carbons (Fsp3) is 0.316. The maximum Gasteiger partial charge on any atom is 0.262 e. The summed E-state index contributed by atoms with van der Waals surface area (Å²) >= 11 is 5.97. The van der Waals surface area contributed by atoms with Crippen molar-refractivity contribution in [1.29, 1.82) is 0 Å². The third-order valence-electron chi connectivity index (χ3n) is 4.15. The summed E-state index contributed by atoms with van der Waals surface area (Å²) in [4.78, 5) is 12.2. The van der Waals surface area contributed by atoms with Gasteiger partial charge in [0.25, 0.3) is 5.91 Å². The molecule has 24 heavy (non-hydrogen) atoms. The van der Waals surface area contributed by atoms with Gasteiger partial charge in [-0.2, -0.15) is 0 Å². The Labute approximate surface area is 146 Å². The van der Waals surface area contributed by atoms with E-state index in [4.69, 9.17) is 21.1 Å². The molecule has 0 saturated carbocycles. The van der Waals surface area contributed by atoms with Crippen molar-refractivity contribution in [2.75, 3.05) is 19.0 Å². The number of rotatable bonds is 5. The molecule has 1 aliphatic rings. The van der Waals surface area contributed by atoms with Crippen molar-refractivity contribution in [3.63, 3.8) is 0 Å². The van der Waals surface area contributed by atoms with E-state index in [9.17, 15) is 4.79 Å². The van der Waals surface area contributed by atoms with Crippen LogP contribution in [-0.4, -0.2) is 19.6 Å². The monoisotopic (exact) mass is 345 g/mol. The summed E-state index contributed by atoms with van der Waals surface area (Å²) < 4.78 is 11.0. The van der Waals surface area contributed by atoms with Crippen LogP contribution in [0.15, 0.2) is 36.4 Å². The topological polar surface area (TPSA) is 47.6 Å². The molecule has 0 fully saturated rings. The number of aryl methyl sites for hydroxylation is 1. The van der Waals surface area contributed by atoms with Gasteiger partial charge in [-0.3, -0.25) is 4.79 Å². The second-order valence-corrected chi connectivity index (χ2v) is 6.22. The molecule has 0 saturated heterocycles. The number of ether oxygens (including phenoxy) is 2. The van der Waals surface area contributed by atoms with Crippen LogP contribution in [-0.2, 0) is 17.6 Å². The van der Waals surface area contributed by atoms with Crippen molar-refractivity contribution < 1.29 is 14.3 Å². The van der Waals surface area contributed by atoms with Gasteiger partial charge in [0, 0.05) is 5.02 Å². The number of amides is 1. The molecule has 0 radical (unpaired) electrons. The molecule has 0 aliphatic heterocycles. The Morgan fingerprint density at radius 1 is 1.17 bits per heavy atom. The number of anilines is 1. The number of hydrogen-bond acceptors (Lipinski definition) is 3. The van der Waals surface area contributed by atoms with Gasteiger partial charge in [-0.25, -0.2) is 0 Å². The normalized spacial score (nSPS) is 13.1. The molecule has 0 atom stereocenters. The molecule has 126 valence electrons. The van der Waals surface area contributed by atoms with Crippen molar-refractivity contribution in [3.05, 3.63) is 52.5 Å². The number of halogens is 1. The lowest BCUT2D eigenvalue weighted by Gasteiger charge is -2.19. The molecular formula is C19H20ClNO3. The van der Waals surface area contributed by atoms with E-state index >= 15 is 0 Å². The first kappa shape index (κ1) is 16.7. The Kier molecular flexibility index (Phi) is 5.26. The number of benzene rings is 2. The summed E-state index contributed by atoms with van der Waals surface area (Å²) in [5.74, 6) is 1.12. The minimum absolute atomic E-state index is 0.0495. The zero-order valence-electron chi connectivity index (χ0n) is 13.6. The van der Waals surface area contributed by atoms with Crippen molar-refractivity contribution in [2.45, 2.75) is 25.7 Å². The van der Waals surface area contributed by atoms with Crippen molar-refractivity contribution in [1.82, 2.24) is 0 Å². The fourth-order valence-electron chi connectivity index (χ4n) is 2.99. The van der Waals surface area contributed by atoms with Gasteiger partial charge in [-0.1, -0.05) is 23.7 Å². The molecule has 1 amide bonds. The number of nitrogens with one attached hydrogen (secondary N) is 1. The highest BCUT2D eigenvalue weighted by Gasteiger charge is 2.15. The van der Waals surface area contributed by atoms with Gasteiger partial charge in [0.2, 0.25) is 0 Å². The van der Waals surface area contributed by atoms with Crippen LogP contribution in [0, 0.1) is 0 Å². The van der Waals surface area contributed by atoms with Crippen molar-refractivity contribution in [3.8, 4) is 11.5 Å². The maximum absolute atomic E-state index is 12.2. The molecule has 0 heterocycles. The SMILES string of the molecule is COc1ccc(Cl)cc1NC(=O)COc1cccc2c1CCCC2. The summed E-state index contributed by atoms with van der Waals surface area (Å²) in [6.45, 7) is -0.0495. The standard InChI is InChI=1S/C19H20ClNO3/c1-23-18-10-9-14(20)11-16(18)21-19(22)12-24-17-8-4-6-13-5-2-3-7-15(13)17/h4,6,8-11H,2-3,5,7,12H2,1H3,(H,21,22). The molecular weight excluding hydrogens is 326 g/mol. The summed E-state index contributed by atoms with van der Waals surface area (Å²) in [5, 5.41) is 3.31. The van der Waals surface area contributed by atoms with Gasteiger partial charge in [-0.05, 0) is 61.1 Å². The van der Waals surface area contributed by atoms with Crippen LogP contribution in [0.25, 0.3) is 0 Å². The van der Waals surface area contributed by atoms with E-state index in [0.717, 1.165) is 18.6 Å². The summed E-state index contributed by atoms with van der Waals surface area (Å²) in [5.41, 5.74) is 3.10. The summed E-state index contributed by atoms with van der Waals surface area (Å²) in [6, 6.07) is 11.1. The van der Waals surface area contributed by atoms with Crippen molar-refractivity contribution >= 4 is 23.2 Å². The van der Waals surface area contributed by atoms with E-state index in [0.29, 0.717) is 16.5 Å². The van der Waals surface area contributed by atoms with E-state index in [1.54, 1.807) is 25.3 Å². The smallest absolute Gasteiger partial charge is 0.262 e. The molecule has 5 heteroatoms. The summed E-state index contributed by atoms with van der Waals surface area (Å²) in [7, 11) is 1.55. The van der Waals surface area contributed by atoms with E-state index in [-0.39, 0.29) is 12.5 Å². The highest BCUT2D eigenvalue weighted by atomic mass is 35.5. The van der Waals surface area contributed by atoms with E-state index in [1.807, 2.05) is 12.1 Å². The molecule has 2 aromatic rings. The van der Waals surface area contributed by atoms with E-state index < -0.39 is 0 Å². The Morgan fingerprint density at radius 3 is 2.83 bits per heavy atom. The lowest BCUT2D eigenvalue weighted by Crippen LogP contribution is -2.21. The van der Waals surface area contributed by atoms with Crippen LogP contribution in [0.4, 0.5) is 5.69 Å². The maximum atomic E-state index is 12.2. The van der Waals surface area contributed by atoms with Gasteiger partial charge < -0.3 is 14.8 Å². The van der Waals surface area contributed by atoms with Crippen LogP contribution in [0.2, 0.25) is 5.02 Å². The van der Waals surface area contributed by atoms with Gasteiger partial charge in [0.1, 0.15) is 11.5 Å². The van der Waals surface area contributed by atoms with Crippen LogP contribution in [0.5, 0.6) is 11.5 Å². The van der Waals surface area contributed by atoms with Crippen LogP contribution < -0.4 is 14.8 Å². The highest BCUT2D eigenvalue weighted by molar-refractivity contribution is 6.31. The van der Waals surface area contributed by atoms with E-state index in [2.05, 4.69) is 11.4 Å². The quantitative estimate of drug-likeness (QED) is 0.881. The Balaban J connectivity index is 1.65. The Bertz CT molecular complexity index is 745.